The lowest BCUT2D eigenvalue weighted by atomic mass is 9.99. The minimum absolute atomic E-state index is 0.0865. The first-order valence-electron chi connectivity index (χ1n) is 19.4. The molecule has 0 radical (unpaired) electrons. The molecule has 2 unspecified atom stereocenters. The lowest BCUT2D eigenvalue weighted by Crippen LogP contribution is -2.56. The molecule has 4 rings (SSSR count). The molecule has 17 nitrogen and oxygen atoms in total. The van der Waals surface area contributed by atoms with Crippen LogP contribution in [0.15, 0.2) is 132 Å². The van der Waals surface area contributed by atoms with E-state index in [2.05, 4.69) is 42.2 Å². The third-order valence-electron chi connectivity index (χ3n) is 8.68. The van der Waals surface area contributed by atoms with Crippen LogP contribution in [0.5, 0.6) is 0 Å². The monoisotopic (exact) mass is 820 g/mol. The molecule has 8 N–H and O–H groups in total. The number of nitro groups is 1. The Morgan fingerprint density at radius 3 is 1.72 bits per heavy atom. The molecule has 0 saturated carbocycles. The van der Waals surface area contributed by atoms with Gasteiger partial charge in [0.05, 0.1) is 12.1 Å². The summed E-state index contributed by atoms with van der Waals surface area (Å²) in [6, 6.07) is 32.8. The number of guanidine groups is 1. The minimum atomic E-state index is -1.13. The van der Waals surface area contributed by atoms with Gasteiger partial charge in [0.15, 0.2) is 5.03 Å². The van der Waals surface area contributed by atoms with E-state index in [4.69, 9.17) is 10.5 Å². The van der Waals surface area contributed by atoms with Gasteiger partial charge in [-0.15, -0.1) is 0 Å². The van der Waals surface area contributed by atoms with Crippen molar-refractivity contribution in [3.8, 4) is 0 Å². The average Bonchev–Trinajstić information content (AvgIpc) is 3.21. The van der Waals surface area contributed by atoms with Crippen molar-refractivity contribution in [3.05, 3.63) is 154 Å². The van der Waals surface area contributed by atoms with Gasteiger partial charge in [-0.3, -0.25) is 9.59 Å². The average molecular weight is 821 g/mol. The maximum absolute atomic E-state index is 14.2. The summed E-state index contributed by atoms with van der Waals surface area (Å²) in [5, 5.41) is 30.9. The smallest absolute Gasteiger partial charge is 0.408 e. The Morgan fingerprint density at radius 1 is 0.733 bits per heavy atom. The SMILES string of the molecule is CC(C)(C)OC(=O)NC(Cc1ccccc1)C(=O)NC(Cc1ccccc1)C(=O)N[C@H](/C=N/NC(=O)NC(c1ccccc1)c1ccccc1)CCCN/C(N)=N\[N+](=O)[O-]. The van der Waals surface area contributed by atoms with Crippen molar-refractivity contribution in [2.75, 3.05) is 6.54 Å². The van der Waals surface area contributed by atoms with E-state index in [0.717, 1.165) is 22.3 Å². The van der Waals surface area contributed by atoms with Crippen LogP contribution in [0.3, 0.4) is 0 Å². The van der Waals surface area contributed by atoms with Crippen LogP contribution in [-0.2, 0) is 27.2 Å². The third-order valence-corrected chi connectivity index (χ3v) is 8.68. The second-order valence-corrected chi connectivity index (χ2v) is 14.7. The molecule has 0 aliphatic rings. The number of ether oxygens (including phenoxy) is 1. The Balaban J connectivity index is 1.54. The number of benzene rings is 4. The van der Waals surface area contributed by atoms with Crippen molar-refractivity contribution in [1.29, 1.82) is 0 Å². The number of nitrogens with zero attached hydrogens (tertiary/aromatic N) is 3. The largest absolute Gasteiger partial charge is 0.444 e. The number of alkyl carbamates (subject to hydrolysis) is 1. The highest BCUT2D eigenvalue weighted by Gasteiger charge is 2.30. The van der Waals surface area contributed by atoms with E-state index in [1.165, 1.54) is 6.21 Å². The van der Waals surface area contributed by atoms with Gasteiger partial charge in [0.2, 0.25) is 11.8 Å². The molecule has 0 bridgehead atoms. The van der Waals surface area contributed by atoms with Crippen LogP contribution in [0.1, 0.15) is 61.9 Å². The summed E-state index contributed by atoms with van der Waals surface area (Å²) in [6.45, 7) is 5.27. The number of carbonyl (C=O) groups is 4. The van der Waals surface area contributed by atoms with Gasteiger partial charge < -0.3 is 37.1 Å². The van der Waals surface area contributed by atoms with E-state index < -0.39 is 64.7 Å². The lowest BCUT2D eigenvalue weighted by molar-refractivity contribution is -0.485. The van der Waals surface area contributed by atoms with E-state index in [0.29, 0.717) is 6.42 Å². The van der Waals surface area contributed by atoms with Gasteiger partial charge in [0.25, 0.3) is 5.96 Å². The van der Waals surface area contributed by atoms with Gasteiger partial charge in [-0.2, -0.15) is 5.10 Å². The molecule has 3 atom stereocenters. The number of rotatable bonds is 19. The first kappa shape index (κ1) is 45.4. The van der Waals surface area contributed by atoms with Crippen LogP contribution in [0.2, 0.25) is 0 Å². The summed E-state index contributed by atoms with van der Waals surface area (Å²) in [5.41, 5.74) is 10.4. The molecule has 0 heterocycles. The summed E-state index contributed by atoms with van der Waals surface area (Å²) in [5.74, 6) is -1.60. The van der Waals surface area contributed by atoms with Crippen molar-refractivity contribution in [1.82, 2.24) is 32.0 Å². The third kappa shape index (κ3) is 16.7. The number of hydrazone groups is 2. The number of hydrogen-bond donors (Lipinski definition) is 7. The number of nitrogens with two attached hydrogens (primary N) is 1. The van der Waals surface area contributed by atoms with Crippen LogP contribution in [0, 0.1) is 10.1 Å². The molecule has 5 amide bonds. The van der Waals surface area contributed by atoms with Crippen LogP contribution in [0.25, 0.3) is 0 Å². The minimum Gasteiger partial charge on any atom is -0.444 e. The zero-order chi connectivity index (χ0) is 43.3. The first-order valence-corrected chi connectivity index (χ1v) is 19.4. The molecule has 0 aliphatic heterocycles. The Hall–Kier alpha value is -7.30. The van der Waals surface area contributed by atoms with Crippen LogP contribution in [-0.4, -0.2) is 71.4 Å². The molecule has 0 fully saturated rings. The standard InChI is InChI=1S/C43H52N10O7/c1-43(2,3)60-42(57)49-36(28-31-19-10-5-11-20-31)39(55)48-35(27-30-17-8-4-9-18-30)38(54)47-34(25-16-26-45-40(44)52-53(58)59)29-46-51-41(56)50-37(32-21-12-6-13-22-32)33-23-14-7-15-24-33/h4-15,17-24,29,34-37H,16,25-28H2,1-3H3,(H,47,54)(H,48,55)(H,49,57)(H3,44,45,52)(H2,50,51,56)/b46-29+/t34-,35?,36?/m0/s1. The van der Waals surface area contributed by atoms with Crippen LogP contribution < -0.4 is 37.7 Å². The van der Waals surface area contributed by atoms with E-state index in [1.807, 2.05) is 121 Å². The molecule has 0 spiro atoms. The van der Waals surface area contributed by atoms with Crippen molar-refractivity contribution >= 4 is 36.1 Å². The van der Waals surface area contributed by atoms with Crippen LogP contribution in [0.4, 0.5) is 9.59 Å². The van der Waals surface area contributed by atoms with Gasteiger partial charge in [-0.05, 0) is 55.9 Å². The van der Waals surface area contributed by atoms with Gasteiger partial charge in [0.1, 0.15) is 22.8 Å². The van der Waals surface area contributed by atoms with Gasteiger partial charge in [-0.1, -0.05) is 121 Å². The Labute approximate surface area is 348 Å². The topological polar surface area (TPSA) is 244 Å². The Bertz CT molecular complexity index is 2010. The van der Waals surface area contributed by atoms with Crippen molar-refractivity contribution in [2.24, 2.45) is 15.9 Å². The highest BCUT2D eigenvalue weighted by molar-refractivity contribution is 5.92. The van der Waals surface area contributed by atoms with Gasteiger partial charge >= 0.3 is 12.1 Å². The summed E-state index contributed by atoms with van der Waals surface area (Å²) < 4.78 is 5.45. The van der Waals surface area contributed by atoms with E-state index in [1.54, 1.807) is 20.8 Å². The fraction of sp³-hybridized carbons (Fsp3) is 0.302. The van der Waals surface area contributed by atoms with Crippen LogP contribution >= 0.6 is 0 Å². The summed E-state index contributed by atoms with van der Waals surface area (Å²) in [6.07, 6.45) is 1.28. The number of urea groups is 1. The molecule has 0 saturated heterocycles. The van der Waals surface area contributed by atoms with E-state index in [9.17, 15) is 29.3 Å². The second kappa shape index (κ2) is 23.2. The Kier molecular flexibility index (Phi) is 17.5. The van der Waals surface area contributed by atoms with Gasteiger partial charge in [0, 0.05) is 25.6 Å². The van der Waals surface area contributed by atoms with E-state index in [-0.39, 0.29) is 25.8 Å². The van der Waals surface area contributed by atoms with Crippen molar-refractivity contribution in [3.63, 3.8) is 0 Å². The zero-order valence-corrected chi connectivity index (χ0v) is 33.7. The predicted molar refractivity (Wildman–Crippen MR) is 228 cm³/mol. The molecule has 0 aromatic heterocycles. The summed E-state index contributed by atoms with van der Waals surface area (Å²) in [4.78, 5) is 65.0. The molecule has 4 aromatic carbocycles. The van der Waals surface area contributed by atoms with Crippen molar-refractivity contribution < 1.29 is 28.9 Å². The second-order valence-electron chi connectivity index (χ2n) is 14.7. The quantitative estimate of drug-likeness (QED) is 0.0234. The molecule has 60 heavy (non-hydrogen) atoms. The highest BCUT2D eigenvalue weighted by atomic mass is 16.7. The number of nitrogens with one attached hydrogen (secondary N) is 6. The number of carbonyl (C=O) groups excluding carboxylic acids is 4. The highest BCUT2D eigenvalue weighted by Crippen LogP contribution is 2.21. The fourth-order valence-electron chi connectivity index (χ4n) is 5.97. The number of hydrogen-bond acceptors (Lipinski definition) is 8. The maximum atomic E-state index is 14.2. The molecule has 316 valence electrons. The molecular formula is C43H52N10O7. The Morgan fingerprint density at radius 2 is 1.22 bits per heavy atom. The lowest BCUT2D eigenvalue weighted by Gasteiger charge is -2.26. The molecule has 17 heteroatoms. The summed E-state index contributed by atoms with van der Waals surface area (Å²) in [7, 11) is 0. The normalized spacial score (nSPS) is 13.0. The number of amides is 5. The predicted octanol–water partition coefficient (Wildman–Crippen LogP) is 4.29. The first-order chi connectivity index (χ1) is 28.8. The molecular weight excluding hydrogens is 769 g/mol. The van der Waals surface area contributed by atoms with E-state index >= 15 is 0 Å². The molecule has 4 aromatic rings. The fourth-order valence-corrected chi connectivity index (χ4v) is 5.97. The molecule has 0 aliphatic carbocycles. The van der Waals surface area contributed by atoms with Gasteiger partial charge in [-0.25, -0.2) is 25.1 Å². The zero-order valence-electron chi connectivity index (χ0n) is 33.7. The maximum Gasteiger partial charge on any atom is 0.408 e. The summed E-state index contributed by atoms with van der Waals surface area (Å²) >= 11 is 0. The van der Waals surface area contributed by atoms with Crippen molar-refractivity contribution in [2.45, 2.75) is 76.2 Å².